The number of ether oxygens (including phenoxy) is 4. The summed E-state index contributed by atoms with van der Waals surface area (Å²) in [6.07, 6.45) is 0.529. The Kier molecular flexibility index (Phi) is 7.57. The fourth-order valence-electron chi connectivity index (χ4n) is 5.22. The maximum Gasteiger partial charge on any atom is 0.198 e. The summed E-state index contributed by atoms with van der Waals surface area (Å²) in [5.41, 5.74) is 2.62. The van der Waals surface area contributed by atoms with E-state index in [0.717, 1.165) is 22.3 Å². The molecule has 2 saturated heterocycles. The Bertz CT molecular complexity index is 1240. The van der Waals surface area contributed by atoms with Gasteiger partial charge in [0.15, 0.2) is 17.4 Å². The molecule has 2 aliphatic heterocycles. The van der Waals surface area contributed by atoms with Gasteiger partial charge in [0.05, 0.1) is 32.0 Å². The summed E-state index contributed by atoms with van der Waals surface area (Å²) in [5.74, 6) is -1.24. The summed E-state index contributed by atoms with van der Waals surface area (Å²) >= 11 is 6.56. The fraction of sp³-hybridized carbons (Fsp3) is 0.400. The quantitative estimate of drug-likeness (QED) is 0.361. The molecule has 0 amide bonds. The standard InChI is InChI=1S/C30H32ClFO5/c1-3-34-28-12-9-22(14-27(28)32)13-23-15-24(10-11-26(23)31)30-17-25(35-18-21-7-5-4-6-8-21)16-29(37-30,19-36-30)20(2)33/h4-12,14-15,20,25,33H,3,13,16-19H2,1-2H3/t20?,25?,29-,30-/m1/s1. The molecule has 2 aliphatic rings. The van der Waals surface area contributed by atoms with Crippen LogP contribution in [0.25, 0.3) is 0 Å². The Morgan fingerprint density at radius 1 is 1.08 bits per heavy atom. The number of hydrogen-bond acceptors (Lipinski definition) is 5. The van der Waals surface area contributed by atoms with Gasteiger partial charge in [-0.05, 0) is 61.2 Å². The topological polar surface area (TPSA) is 57.2 Å². The molecule has 2 heterocycles. The molecule has 5 nitrogen and oxygen atoms in total. The number of fused-ring (bicyclic) bond motifs is 2. The number of aliphatic hydroxyl groups is 1. The average molecular weight is 527 g/mol. The van der Waals surface area contributed by atoms with Gasteiger partial charge in [-0.15, -0.1) is 0 Å². The molecule has 0 spiro atoms. The fourth-order valence-corrected chi connectivity index (χ4v) is 5.41. The summed E-state index contributed by atoms with van der Waals surface area (Å²) in [6.45, 7) is 4.67. The maximum atomic E-state index is 14.5. The van der Waals surface area contributed by atoms with Gasteiger partial charge >= 0.3 is 0 Å². The molecule has 1 N–H and O–H groups in total. The van der Waals surface area contributed by atoms with Crippen LogP contribution in [0.4, 0.5) is 4.39 Å². The van der Waals surface area contributed by atoms with E-state index in [4.69, 9.17) is 30.5 Å². The Morgan fingerprint density at radius 2 is 1.89 bits per heavy atom. The Morgan fingerprint density at radius 3 is 2.62 bits per heavy atom. The van der Waals surface area contributed by atoms with Crippen LogP contribution >= 0.6 is 11.6 Å². The summed E-state index contributed by atoms with van der Waals surface area (Å²) in [7, 11) is 0. The highest BCUT2D eigenvalue weighted by molar-refractivity contribution is 6.31. The summed E-state index contributed by atoms with van der Waals surface area (Å²) in [5, 5.41) is 11.2. The van der Waals surface area contributed by atoms with Crippen LogP contribution in [0, 0.1) is 5.82 Å². The van der Waals surface area contributed by atoms with E-state index >= 15 is 0 Å². The lowest BCUT2D eigenvalue weighted by atomic mass is 9.85. The lowest BCUT2D eigenvalue weighted by Gasteiger charge is -2.43. The van der Waals surface area contributed by atoms with Crippen LogP contribution in [-0.4, -0.2) is 36.1 Å². The molecular weight excluding hydrogens is 495 g/mol. The number of rotatable bonds is 9. The van der Waals surface area contributed by atoms with Gasteiger partial charge in [-0.25, -0.2) is 4.39 Å². The third-order valence-corrected chi connectivity index (χ3v) is 7.62. The molecule has 5 rings (SSSR count). The van der Waals surface area contributed by atoms with Crippen LogP contribution in [0.3, 0.4) is 0 Å². The third kappa shape index (κ3) is 5.40. The highest BCUT2D eigenvalue weighted by Crippen LogP contribution is 2.51. The van der Waals surface area contributed by atoms with Gasteiger partial charge in [0, 0.05) is 23.4 Å². The van der Waals surface area contributed by atoms with Gasteiger partial charge in [-0.1, -0.05) is 54.1 Å². The van der Waals surface area contributed by atoms with Crippen LogP contribution in [-0.2, 0) is 33.0 Å². The molecule has 0 aromatic heterocycles. The van der Waals surface area contributed by atoms with Gasteiger partial charge in [0.25, 0.3) is 0 Å². The van der Waals surface area contributed by atoms with Crippen LogP contribution in [0.1, 0.15) is 48.9 Å². The van der Waals surface area contributed by atoms with Crippen molar-refractivity contribution < 1.29 is 28.4 Å². The molecule has 7 heteroatoms. The van der Waals surface area contributed by atoms with Crippen molar-refractivity contribution in [1.82, 2.24) is 0 Å². The van der Waals surface area contributed by atoms with E-state index < -0.39 is 23.3 Å². The monoisotopic (exact) mass is 526 g/mol. The molecule has 3 aromatic rings. The molecular formula is C30H32ClFO5. The Hall–Kier alpha value is -2.48. The van der Waals surface area contributed by atoms with E-state index in [0.29, 0.717) is 37.5 Å². The molecule has 2 fully saturated rings. The molecule has 3 aromatic carbocycles. The minimum absolute atomic E-state index is 0.176. The van der Waals surface area contributed by atoms with Crippen molar-refractivity contribution in [3.8, 4) is 5.75 Å². The Balaban J connectivity index is 1.41. The van der Waals surface area contributed by atoms with Crippen molar-refractivity contribution in [3.05, 3.63) is 99.8 Å². The molecule has 0 aliphatic carbocycles. The molecule has 2 unspecified atom stereocenters. The van der Waals surface area contributed by atoms with Crippen molar-refractivity contribution >= 4 is 11.6 Å². The number of aliphatic hydroxyl groups excluding tert-OH is 1. The smallest absolute Gasteiger partial charge is 0.198 e. The molecule has 0 radical (unpaired) electrons. The molecule has 0 saturated carbocycles. The van der Waals surface area contributed by atoms with Gasteiger partial charge in [0.1, 0.15) is 5.60 Å². The van der Waals surface area contributed by atoms with Crippen molar-refractivity contribution in [2.24, 2.45) is 0 Å². The number of benzene rings is 3. The summed E-state index contributed by atoms with van der Waals surface area (Å²) < 4.78 is 38.9. The zero-order valence-electron chi connectivity index (χ0n) is 21.1. The summed E-state index contributed by atoms with van der Waals surface area (Å²) in [4.78, 5) is 0. The van der Waals surface area contributed by atoms with Crippen molar-refractivity contribution in [2.45, 2.75) is 63.3 Å². The van der Waals surface area contributed by atoms with Crippen LogP contribution in [0.5, 0.6) is 5.75 Å². The van der Waals surface area contributed by atoms with Crippen molar-refractivity contribution in [3.63, 3.8) is 0 Å². The molecule has 196 valence electrons. The van der Waals surface area contributed by atoms with Crippen LogP contribution in [0.2, 0.25) is 5.02 Å². The Labute approximate surface area is 222 Å². The lowest BCUT2D eigenvalue weighted by molar-refractivity contribution is -0.264. The first-order chi connectivity index (χ1) is 17.8. The first-order valence-electron chi connectivity index (χ1n) is 12.7. The first-order valence-corrected chi connectivity index (χ1v) is 13.1. The molecule has 4 atom stereocenters. The second-order valence-electron chi connectivity index (χ2n) is 9.89. The average Bonchev–Trinajstić information content (AvgIpc) is 3.19. The summed E-state index contributed by atoms with van der Waals surface area (Å²) in [6, 6.07) is 20.6. The third-order valence-electron chi connectivity index (χ3n) is 7.25. The molecule has 2 bridgehead atoms. The first kappa shape index (κ1) is 26.1. The van der Waals surface area contributed by atoms with E-state index in [2.05, 4.69) is 0 Å². The van der Waals surface area contributed by atoms with Gasteiger partial charge in [0.2, 0.25) is 0 Å². The molecule has 37 heavy (non-hydrogen) atoms. The minimum atomic E-state index is -1.07. The van der Waals surface area contributed by atoms with Crippen molar-refractivity contribution in [2.75, 3.05) is 13.2 Å². The normalized spacial score (nSPS) is 25.7. The van der Waals surface area contributed by atoms with E-state index in [1.165, 1.54) is 6.07 Å². The zero-order chi connectivity index (χ0) is 26.0. The van der Waals surface area contributed by atoms with Crippen LogP contribution in [0.15, 0.2) is 66.7 Å². The number of hydrogen-bond donors (Lipinski definition) is 1. The van der Waals surface area contributed by atoms with E-state index in [1.54, 1.807) is 13.0 Å². The number of halogens is 2. The van der Waals surface area contributed by atoms with E-state index in [-0.39, 0.29) is 18.5 Å². The van der Waals surface area contributed by atoms with E-state index in [1.807, 2.05) is 61.5 Å². The maximum absolute atomic E-state index is 14.5. The van der Waals surface area contributed by atoms with E-state index in [9.17, 15) is 9.50 Å². The highest BCUT2D eigenvalue weighted by atomic mass is 35.5. The second-order valence-corrected chi connectivity index (χ2v) is 10.3. The predicted octanol–water partition coefficient (Wildman–Crippen LogP) is 6.17. The zero-order valence-corrected chi connectivity index (χ0v) is 21.8. The van der Waals surface area contributed by atoms with Crippen molar-refractivity contribution in [1.29, 1.82) is 0 Å². The van der Waals surface area contributed by atoms with Crippen LogP contribution < -0.4 is 4.74 Å². The van der Waals surface area contributed by atoms with Gasteiger partial charge in [-0.2, -0.15) is 0 Å². The second kappa shape index (κ2) is 10.7. The predicted molar refractivity (Wildman–Crippen MR) is 139 cm³/mol. The van der Waals surface area contributed by atoms with Gasteiger partial charge < -0.3 is 24.1 Å². The largest absolute Gasteiger partial charge is 0.491 e. The highest BCUT2D eigenvalue weighted by Gasteiger charge is 2.60. The lowest BCUT2D eigenvalue weighted by Crippen LogP contribution is -2.52. The minimum Gasteiger partial charge on any atom is -0.491 e. The van der Waals surface area contributed by atoms with Gasteiger partial charge in [-0.3, -0.25) is 0 Å². The SMILES string of the molecule is CCOc1ccc(Cc2cc([C@]34CC(OCc5ccccc5)C[C@](C(C)O)(CO3)O4)ccc2Cl)cc1F.